The first kappa shape index (κ1) is 18.8. The van der Waals surface area contributed by atoms with Gasteiger partial charge in [0.15, 0.2) is 0 Å². The Hall–Kier alpha value is -3.52. The van der Waals surface area contributed by atoms with Gasteiger partial charge < -0.3 is 15.0 Å². The summed E-state index contributed by atoms with van der Waals surface area (Å²) in [6.45, 7) is 3.33. The number of aromatic nitrogens is 3. The van der Waals surface area contributed by atoms with Crippen LogP contribution in [0.1, 0.15) is 16.1 Å². The van der Waals surface area contributed by atoms with Gasteiger partial charge in [0.1, 0.15) is 11.5 Å². The van der Waals surface area contributed by atoms with E-state index in [4.69, 9.17) is 4.74 Å². The molecule has 0 atom stereocenters. The van der Waals surface area contributed by atoms with Crippen molar-refractivity contribution in [3.63, 3.8) is 0 Å². The van der Waals surface area contributed by atoms with Crippen molar-refractivity contribution in [1.82, 2.24) is 14.8 Å². The monoisotopic (exact) mass is 391 g/mol. The third kappa shape index (κ3) is 4.67. The summed E-state index contributed by atoms with van der Waals surface area (Å²) in [5.41, 5.74) is 1.80. The zero-order valence-electron chi connectivity index (χ0n) is 15.8. The summed E-state index contributed by atoms with van der Waals surface area (Å²) in [4.78, 5) is 31.1. The number of pyridine rings is 1. The van der Waals surface area contributed by atoms with Gasteiger partial charge in [-0.15, -0.1) is 0 Å². The third-order valence-corrected chi connectivity index (χ3v) is 4.64. The highest BCUT2D eigenvalue weighted by Gasteiger charge is 2.13. The van der Waals surface area contributed by atoms with Crippen molar-refractivity contribution >= 4 is 17.4 Å². The van der Waals surface area contributed by atoms with Crippen LogP contribution in [0.25, 0.3) is 0 Å². The van der Waals surface area contributed by atoms with Crippen molar-refractivity contribution in [2.24, 2.45) is 0 Å². The van der Waals surface area contributed by atoms with E-state index in [1.54, 1.807) is 12.3 Å². The maximum absolute atomic E-state index is 12.6. The molecule has 1 amide bonds. The maximum atomic E-state index is 12.6. The zero-order valence-corrected chi connectivity index (χ0v) is 15.8. The molecule has 0 unspecified atom stereocenters. The Morgan fingerprint density at radius 1 is 1.03 bits per heavy atom. The van der Waals surface area contributed by atoms with Gasteiger partial charge >= 0.3 is 0 Å². The number of nitrogens with zero attached hydrogens (tertiary/aromatic N) is 4. The normalized spacial score (nSPS) is 13.9. The number of amides is 1. The molecule has 0 saturated carbocycles. The summed E-state index contributed by atoms with van der Waals surface area (Å²) in [6, 6.07) is 15.9. The zero-order chi connectivity index (χ0) is 20.1. The molecule has 148 valence electrons. The summed E-state index contributed by atoms with van der Waals surface area (Å²) in [5.74, 6) is 0.00746. The maximum Gasteiger partial charge on any atom is 0.277 e. The number of hydrogen-bond donors (Lipinski definition) is 1. The first-order valence-electron chi connectivity index (χ1n) is 9.41. The van der Waals surface area contributed by atoms with Crippen molar-refractivity contribution < 1.29 is 9.53 Å². The molecule has 1 aromatic carbocycles. The van der Waals surface area contributed by atoms with Crippen LogP contribution in [0.3, 0.4) is 0 Å². The van der Waals surface area contributed by atoms with E-state index in [9.17, 15) is 9.59 Å². The van der Waals surface area contributed by atoms with Gasteiger partial charge in [-0.25, -0.2) is 9.67 Å². The number of carbonyl (C=O) groups is 1. The fraction of sp³-hybridized carbons (Fsp3) is 0.238. The van der Waals surface area contributed by atoms with E-state index in [0.717, 1.165) is 24.3 Å². The van der Waals surface area contributed by atoms with Crippen LogP contribution in [-0.4, -0.2) is 47.0 Å². The second-order valence-electron chi connectivity index (χ2n) is 6.66. The molecule has 4 rings (SSSR count). The van der Waals surface area contributed by atoms with E-state index in [2.05, 4.69) is 20.3 Å². The molecular formula is C21H21N5O3. The van der Waals surface area contributed by atoms with Crippen LogP contribution < -0.4 is 15.8 Å². The first-order chi connectivity index (χ1) is 14.2. The number of anilines is 2. The minimum Gasteiger partial charge on any atom is -0.378 e. The average molecular weight is 391 g/mol. The van der Waals surface area contributed by atoms with Gasteiger partial charge in [-0.2, -0.15) is 5.10 Å². The van der Waals surface area contributed by atoms with E-state index in [-0.39, 0.29) is 11.3 Å². The molecule has 0 bridgehead atoms. The number of hydrogen-bond acceptors (Lipinski definition) is 6. The molecule has 3 aromatic rings. The highest BCUT2D eigenvalue weighted by molar-refractivity contribution is 6.02. The topological polar surface area (TPSA) is 89.4 Å². The summed E-state index contributed by atoms with van der Waals surface area (Å²) < 4.78 is 6.63. The SMILES string of the molecule is O=C(Nc1ccc(N2CCOCC2)cn1)c1ccc(=O)n(Cc2ccccc2)n1. The Labute approximate surface area is 167 Å². The summed E-state index contributed by atoms with van der Waals surface area (Å²) in [6.07, 6.45) is 1.73. The molecule has 3 heterocycles. The quantitative estimate of drug-likeness (QED) is 0.713. The molecule has 2 aromatic heterocycles. The Morgan fingerprint density at radius 3 is 2.55 bits per heavy atom. The highest BCUT2D eigenvalue weighted by atomic mass is 16.5. The van der Waals surface area contributed by atoms with Gasteiger partial charge in [-0.3, -0.25) is 9.59 Å². The highest BCUT2D eigenvalue weighted by Crippen LogP contribution is 2.16. The molecule has 1 aliphatic heterocycles. The number of benzene rings is 1. The molecule has 8 heteroatoms. The summed E-state index contributed by atoms with van der Waals surface area (Å²) in [7, 11) is 0. The lowest BCUT2D eigenvalue weighted by Gasteiger charge is -2.28. The number of ether oxygens (including phenoxy) is 1. The first-order valence-corrected chi connectivity index (χ1v) is 9.41. The lowest BCUT2D eigenvalue weighted by Crippen LogP contribution is -2.36. The Bertz CT molecular complexity index is 1030. The predicted octanol–water partition coefficient (Wildman–Crippen LogP) is 1.78. The van der Waals surface area contributed by atoms with Gasteiger partial charge in [0.05, 0.1) is 31.6 Å². The molecule has 0 aliphatic carbocycles. The largest absolute Gasteiger partial charge is 0.378 e. The van der Waals surface area contributed by atoms with Crippen LogP contribution in [0.4, 0.5) is 11.5 Å². The van der Waals surface area contributed by atoms with Crippen LogP contribution in [0.2, 0.25) is 0 Å². The molecule has 1 saturated heterocycles. The number of carbonyl (C=O) groups excluding carboxylic acids is 1. The molecule has 1 fully saturated rings. The van der Waals surface area contributed by atoms with Crippen molar-refractivity contribution in [2.45, 2.75) is 6.54 Å². The molecule has 1 N–H and O–H groups in total. The number of morpholine rings is 1. The summed E-state index contributed by atoms with van der Waals surface area (Å²) in [5, 5.41) is 6.92. The van der Waals surface area contributed by atoms with E-state index in [1.807, 2.05) is 36.4 Å². The van der Waals surface area contributed by atoms with Crippen molar-refractivity contribution in [3.05, 3.63) is 82.4 Å². The van der Waals surface area contributed by atoms with Gasteiger partial charge in [-0.05, 0) is 23.8 Å². The van der Waals surface area contributed by atoms with E-state index in [1.165, 1.54) is 16.8 Å². The molecule has 0 spiro atoms. The van der Waals surface area contributed by atoms with Gasteiger partial charge in [0.25, 0.3) is 11.5 Å². The molecular weight excluding hydrogens is 370 g/mol. The van der Waals surface area contributed by atoms with E-state index in [0.29, 0.717) is 25.6 Å². The number of nitrogens with one attached hydrogen (secondary N) is 1. The second-order valence-corrected chi connectivity index (χ2v) is 6.66. The van der Waals surface area contributed by atoms with Gasteiger partial charge in [-0.1, -0.05) is 30.3 Å². The van der Waals surface area contributed by atoms with Crippen molar-refractivity contribution in [2.75, 3.05) is 36.5 Å². The molecule has 29 heavy (non-hydrogen) atoms. The predicted molar refractivity (Wildman–Crippen MR) is 109 cm³/mol. The number of rotatable bonds is 5. The minimum atomic E-state index is -0.418. The second kappa shape index (κ2) is 8.66. The molecule has 8 nitrogen and oxygen atoms in total. The van der Waals surface area contributed by atoms with Crippen LogP contribution in [0.5, 0.6) is 0 Å². The van der Waals surface area contributed by atoms with Crippen LogP contribution >= 0.6 is 0 Å². The standard InChI is InChI=1S/C21H21N5O3/c27-20-9-7-18(24-26(20)15-16-4-2-1-3-5-16)21(28)23-19-8-6-17(14-22-19)25-10-12-29-13-11-25/h1-9,14H,10-13,15H2,(H,22,23,28). The lowest BCUT2D eigenvalue weighted by molar-refractivity contribution is 0.101. The van der Waals surface area contributed by atoms with Crippen LogP contribution in [0.15, 0.2) is 65.6 Å². The Balaban J connectivity index is 1.45. The molecule has 1 aliphatic rings. The van der Waals surface area contributed by atoms with Crippen LogP contribution in [-0.2, 0) is 11.3 Å². The Kier molecular flexibility index (Phi) is 5.62. The summed E-state index contributed by atoms with van der Waals surface area (Å²) >= 11 is 0. The van der Waals surface area contributed by atoms with Gasteiger partial charge in [0, 0.05) is 19.2 Å². The van der Waals surface area contributed by atoms with Crippen molar-refractivity contribution in [1.29, 1.82) is 0 Å². The molecule has 0 radical (unpaired) electrons. The smallest absolute Gasteiger partial charge is 0.277 e. The average Bonchev–Trinajstić information content (AvgIpc) is 2.77. The fourth-order valence-electron chi connectivity index (χ4n) is 3.09. The lowest BCUT2D eigenvalue weighted by atomic mass is 10.2. The van der Waals surface area contributed by atoms with Crippen molar-refractivity contribution in [3.8, 4) is 0 Å². The third-order valence-electron chi connectivity index (χ3n) is 4.64. The van der Waals surface area contributed by atoms with E-state index >= 15 is 0 Å². The van der Waals surface area contributed by atoms with Crippen LogP contribution in [0, 0.1) is 0 Å². The van der Waals surface area contributed by atoms with Gasteiger partial charge in [0.2, 0.25) is 0 Å². The Morgan fingerprint density at radius 2 is 1.83 bits per heavy atom. The fourth-order valence-corrected chi connectivity index (χ4v) is 3.09. The van der Waals surface area contributed by atoms with E-state index < -0.39 is 5.91 Å². The minimum absolute atomic E-state index is 0.152.